The summed E-state index contributed by atoms with van der Waals surface area (Å²) in [6, 6.07) is 1.70. The van der Waals surface area contributed by atoms with Gasteiger partial charge >= 0.3 is 0 Å². The Morgan fingerprint density at radius 3 is 2.71 bits per heavy atom. The summed E-state index contributed by atoms with van der Waals surface area (Å²) in [5.41, 5.74) is 6.98. The van der Waals surface area contributed by atoms with E-state index >= 15 is 0 Å². The Labute approximate surface area is 102 Å². The van der Waals surface area contributed by atoms with Gasteiger partial charge in [-0.2, -0.15) is 0 Å². The van der Waals surface area contributed by atoms with Crippen molar-refractivity contribution in [2.24, 2.45) is 11.8 Å². The maximum absolute atomic E-state index is 12.3. The Morgan fingerprint density at radius 1 is 1.41 bits per heavy atom. The molecule has 0 bridgehead atoms. The number of rotatable bonds is 3. The van der Waals surface area contributed by atoms with Crippen molar-refractivity contribution in [3.8, 4) is 0 Å². The summed E-state index contributed by atoms with van der Waals surface area (Å²) in [6.45, 7) is 2.23. The number of aromatic nitrogens is 1. The molecule has 3 heteroatoms. The molecule has 92 valence electrons. The summed E-state index contributed by atoms with van der Waals surface area (Å²) >= 11 is 0. The molecular formula is C14H20N2O. The Kier molecular flexibility index (Phi) is 3.77. The summed E-state index contributed by atoms with van der Waals surface area (Å²) in [5.74, 6) is 1.15. The van der Waals surface area contributed by atoms with E-state index in [9.17, 15) is 4.79 Å². The highest BCUT2D eigenvalue weighted by atomic mass is 16.1. The van der Waals surface area contributed by atoms with E-state index in [2.05, 4.69) is 11.9 Å². The molecule has 1 aliphatic carbocycles. The molecule has 2 rings (SSSR count). The summed E-state index contributed by atoms with van der Waals surface area (Å²) < 4.78 is 0. The van der Waals surface area contributed by atoms with E-state index in [1.165, 1.54) is 19.3 Å². The number of ketones is 1. The third-order valence-electron chi connectivity index (χ3n) is 3.92. The highest BCUT2D eigenvalue weighted by Crippen LogP contribution is 2.33. The Morgan fingerprint density at radius 2 is 2.12 bits per heavy atom. The monoisotopic (exact) mass is 232 g/mol. The molecule has 2 N–H and O–H groups in total. The molecule has 0 saturated heterocycles. The van der Waals surface area contributed by atoms with Crippen molar-refractivity contribution in [2.75, 3.05) is 5.73 Å². The lowest BCUT2D eigenvalue weighted by Crippen LogP contribution is -2.22. The topological polar surface area (TPSA) is 56.0 Å². The van der Waals surface area contributed by atoms with E-state index in [1.807, 2.05) is 0 Å². The first-order chi connectivity index (χ1) is 8.22. The predicted octanol–water partition coefficient (Wildman–Crippen LogP) is 3.06. The van der Waals surface area contributed by atoms with E-state index in [-0.39, 0.29) is 11.7 Å². The quantitative estimate of drug-likeness (QED) is 0.815. The minimum atomic E-state index is 0.157. The molecule has 0 unspecified atom stereocenters. The first kappa shape index (κ1) is 12.1. The van der Waals surface area contributed by atoms with Crippen molar-refractivity contribution in [1.29, 1.82) is 0 Å². The molecule has 1 aromatic rings. The minimum absolute atomic E-state index is 0.157. The van der Waals surface area contributed by atoms with Crippen molar-refractivity contribution in [2.45, 2.75) is 39.0 Å². The van der Waals surface area contributed by atoms with Crippen LogP contribution in [0.2, 0.25) is 0 Å². The van der Waals surface area contributed by atoms with E-state index in [1.54, 1.807) is 18.5 Å². The van der Waals surface area contributed by atoms with Crippen molar-refractivity contribution >= 4 is 11.5 Å². The van der Waals surface area contributed by atoms with Gasteiger partial charge in [0.05, 0.1) is 5.56 Å². The molecule has 1 saturated carbocycles. The zero-order valence-corrected chi connectivity index (χ0v) is 10.4. The number of pyridine rings is 1. The Hall–Kier alpha value is -1.38. The SMILES string of the molecule is CCC1CCC(C(=O)c2cnccc2N)CC1. The van der Waals surface area contributed by atoms with Crippen LogP contribution in [-0.4, -0.2) is 10.8 Å². The Bertz CT molecular complexity index is 395. The second kappa shape index (κ2) is 5.30. The van der Waals surface area contributed by atoms with Crippen LogP contribution in [0, 0.1) is 11.8 Å². The number of anilines is 1. The Balaban J connectivity index is 2.04. The zero-order chi connectivity index (χ0) is 12.3. The first-order valence-electron chi connectivity index (χ1n) is 6.46. The fraction of sp³-hybridized carbons (Fsp3) is 0.571. The summed E-state index contributed by atoms with van der Waals surface area (Å²) in [5, 5.41) is 0. The van der Waals surface area contributed by atoms with Crippen LogP contribution in [0.3, 0.4) is 0 Å². The molecule has 0 spiro atoms. The van der Waals surface area contributed by atoms with Crippen molar-refractivity contribution < 1.29 is 4.79 Å². The van der Waals surface area contributed by atoms with Crippen LogP contribution in [0.25, 0.3) is 0 Å². The average Bonchev–Trinajstić information content (AvgIpc) is 2.39. The molecule has 0 radical (unpaired) electrons. The maximum atomic E-state index is 12.3. The lowest BCUT2D eigenvalue weighted by Gasteiger charge is -2.26. The molecule has 0 aromatic carbocycles. The molecule has 1 fully saturated rings. The van der Waals surface area contributed by atoms with Gasteiger partial charge in [0.2, 0.25) is 0 Å². The molecule has 17 heavy (non-hydrogen) atoms. The van der Waals surface area contributed by atoms with E-state index in [0.29, 0.717) is 11.3 Å². The van der Waals surface area contributed by atoms with Crippen LogP contribution in [0.15, 0.2) is 18.5 Å². The number of Topliss-reactive ketones (excluding diaryl/α,β-unsaturated/α-hetero) is 1. The molecule has 1 aliphatic rings. The number of nitrogens with two attached hydrogens (primary N) is 1. The largest absolute Gasteiger partial charge is 0.398 e. The summed E-state index contributed by atoms with van der Waals surface area (Å²) in [4.78, 5) is 16.3. The number of carbonyl (C=O) groups excluding carboxylic acids is 1. The first-order valence-corrected chi connectivity index (χ1v) is 6.46. The van der Waals surface area contributed by atoms with Crippen molar-refractivity contribution in [3.63, 3.8) is 0 Å². The van der Waals surface area contributed by atoms with Gasteiger partial charge in [0.25, 0.3) is 0 Å². The number of carbonyl (C=O) groups is 1. The molecular weight excluding hydrogens is 212 g/mol. The average molecular weight is 232 g/mol. The molecule has 1 heterocycles. The molecule has 0 atom stereocenters. The van der Waals surface area contributed by atoms with Crippen LogP contribution < -0.4 is 5.73 Å². The van der Waals surface area contributed by atoms with Gasteiger partial charge in [-0.1, -0.05) is 13.3 Å². The van der Waals surface area contributed by atoms with E-state index in [0.717, 1.165) is 18.8 Å². The van der Waals surface area contributed by atoms with Gasteiger partial charge in [0.15, 0.2) is 5.78 Å². The molecule has 0 aliphatic heterocycles. The lowest BCUT2D eigenvalue weighted by atomic mass is 9.78. The lowest BCUT2D eigenvalue weighted by molar-refractivity contribution is 0.0871. The van der Waals surface area contributed by atoms with Gasteiger partial charge < -0.3 is 5.73 Å². The van der Waals surface area contributed by atoms with E-state index < -0.39 is 0 Å². The molecule has 1 aromatic heterocycles. The fourth-order valence-electron chi connectivity index (χ4n) is 2.66. The van der Waals surface area contributed by atoms with Gasteiger partial charge in [-0.25, -0.2) is 0 Å². The molecule has 0 amide bonds. The summed E-state index contributed by atoms with van der Waals surface area (Å²) in [6.07, 6.45) is 8.82. The number of nitrogen functional groups attached to an aromatic ring is 1. The van der Waals surface area contributed by atoms with Crippen LogP contribution in [0.1, 0.15) is 49.4 Å². The normalized spacial score (nSPS) is 24.5. The van der Waals surface area contributed by atoms with Gasteiger partial charge in [-0.05, 0) is 37.7 Å². The summed E-state index contributed by atoms with van der Waals surface area (Å²) in [7, 11) is 0. The maximum Gasteiger partial charge on any atom is 0.169 e. The highest BCUT2D eigenvalue weighted by molar-refractivity contribution is 6.01. The standard InChI is InChI=1S/C14H20N2O/c1-2-10-3-5-11(6-4-10)14(17)12-9-16-8-7-13(12)15/h7-11H,2-6H2,1H3,(H2,15,16). The van der Waals surface area contributed by atoms with Gasteiger partial charge in [-0.15, -0.1) is 0 Å². The minimum Gasteiger partial charge on any atom is -0.398 e. The van der Waals surface area contributed by atoms with Crippen molar-refractivity contribution in [3.05, 3.63) is 24.0 Å². The van der Waals surface area contributed by atoms with E-state index in [4.69, 9.17) is 5.73 Å². The van der Waals surface area contributed by atoms with Crippen LogP contribution in [0.5, 0.6) is 0 Å². The number of nitrogens with zero attached hydrogens (tertiary/aromatic N) is 1. The van der Waals surface area contributed by atoms with Crippen molar-refractivity contribution in [1.82, 2.24) is 4.98 Å². The smallest absolute Gasteiger partial charge is 0.169 e. The van der Waals surface area contributed by atoms with Gasteiger partial charge in [-0.3, -0.25) is 9.78 Å². The van der Waals surface area contributed by atoms with Gasteiger partial charge in [0.1, 0.15) is 0 Å². The fourth-order valence-corrected chi connectivity index (χ4v) is 2.66. The third kappa shape index (κ3) is 2.65. The zero-order valence-electron chi connectivity index (χ0n) is 10.4. The highest BCUT2D eigenvalue weighted by Gasteiger charge is 2.27. The second-order valence-corrected chi connectivity index (χ2v) is 4.95. The molecule has 3 nitrogen and oxygen atoms in total. The van der Waals surface area contributed by atoms with Crippen LogP contribution in [0.4, 0.5) is 5.69 Å². The number of hydrogen-bond acceptors (Lipinski definition) is 3. The van der Waals surface area contributed by atoms with Crippen LogP contribution >= 0.6 is 0 Å². The van der Waals surface area contributed by atoms with Crippen LogP contribution in [-0.2, 0) is 0 Å². The second-order valence-electron chi connectivity index (χ2n) is 4.95. The third-order valence-corrected chi connectivity index (χ3v) is 3.92. The van der Waals surface area contributed by atoms with Gasteiger partial charge in [0, 0.05) is 24.0 Å². The predicted molar refractivity (Wildman–Crippen MR) is 68.7 cm³/mol. The number of hydrogen-bond donors (Lipinski definition) is 1.